The van der Waals surface area contributed by atoms with E-state index >= 15 is 0 Å². The van der Waals surface area contributed by atoms with Crippen LogP contribution >= 0.6 is 23.2 Å². The molecule has 13 nitrogen and oxygen atoms in total. The molecular formula is C38H43Cl2N7O6. The number of halogens is 2. The van der Waals surface area contributed by atoms with E-state index in [9.17, 15) is 14.4 Å². The fraction of sp³-hybridized carbons (Fsp3) is 0.342. The Balaban J connectivity index is 1.28. The Morgan fingerprint density at radius 1 is 0.774 bits per heavy atom. The molecule has 2 aromatic carbocycles. The second kappa shape index (κ2) is 18.7. The minimum Gasteiger partial charge on any atom is -0.481 e. The first-order chi connectivity index (χ1) is 25.6. The molecule has 53 heavy (non-hydrogen) atoms. The fourth-order valence-electron chi connectivity index (χ4n) is 6.05. The monoisotopic (exact) mass is 763 g/mol. The quantitative estimate of drug-likeness (QED) is 0.0899. The third-order valence-corrected chi connectivity index (χ3v) is 9.21. The molecule has 1 aliphatic carbocycles. The van der Waals surface area contributed by atoms with Crippen molar-refractivity contribution in [3.8, 4) is 28.8 Å². The topological polar surface area (TPSA) is 165 Å². The van der Waals surface area contributed by atoms with E-state index in [0.29, 0.717) is 85.3 Å². The molecule has 2 heterocycles. The van der Waals surface area contributed by atoms with E-state index in [1.165, 1.54) is 21.0 Å². The van der Waals surface area contributed by atoms with Gasteiger partial charge < -0.3 is 40.8 Å². The number of methoxy groups -OCH3 is 2. The van der Waals surface area contributed by atoms with E-state index in [0.717, 1.165) is 33.4 Å². The van der Waals surface area contributed by atoms with Crippen molar-refractivity contribution in [1.82, 2.24) is 31.2 Å². The molecule has 1 aliphatic rings. The zero-order valence-corrected chi connectivity index (χ0v) is 31.5. The highest BCUT2D eigenvalue weighted by atomic mass is 35.5. The number of anilines is 1. The number of aromatic nitrogens is 2. The number of nitrogens with one attached hydrogen (secondary N) is 5. The molecular weight excluding hydrogens is 721 g/mol. The van der Waals surface area contributed by atoms with E-state index in [-0.39, 0.29) is 23.8 Å². The number of ether oxygens (including phenoxy) is 3. The van der Waals surface area contributed by atoms with Gasteiger partial charge in [0.05, 0.1) is 24.8 Å². The Labute approximate surface area is 318 Å². The maximum absolute atomic E-state index is 13.5. The second-order valence-electron chi connectivity index (χ2n) is 12.3. The molecule has 0 saturated heterocycles. The minimum atomic E-state index is -0.414. The molecule has 0 spiro atoms. The van der Waals surface area contributed by atoms with Gasteiger partial charge in [-0.3, -0.25) is 14.4 Å². The van der Waals surface area contributed by atoms with Crippen LogP contribution in [0.5, 0.6) is 17.6 Å². The number of fused-ring (bicyclic) bond motifs is 1. The highest BCUT2D eigenvalue weighted by Gasteiger charge is 2.29. The molecule has 0 fully saturated rings. The second-order valence-corrected chi connectivity index (χ2v) is 13.1. The van der Waals surface area contributed by atoms with E-state index in [1.807, 2.05) is 30.3 Å². The van der Waals surface area contributed by atoms with Crippen molar-refractivity contribution in [2.24, 2.45) is 0 Å². The zero-order valence-electron chi connectivity index (χ0n) is 30.0. The van der Waals surface area contributed by atoms with E-state index in [4.69, 9.17) is 37.4 Å². The molecule has 0 bridgehead atoms. The molecule has 15 heteroatoms. The first-order valence-corrected chi connectivity index (χ1v) is 17.9. The van der Waals surface area contributed by atoms with Crippen molar-refractivity contribution < 1.29 is 28.6 Å². The van der Waals surface area contributed by atoms with E-state index < -0.39 is 5.91 Å². The van der Waals surface area contributed by atoms with Crippen molar-refractivity contribution >= 4 is 46.7 Å². The SMILES string of the molecule is COc1nc(NC(=O)c2cccc(-c3cccc4c3CC[C@@H]4Oc3nc(OC)c(CNCCNC(C)=O)cc3Cl)c2Cl)ccc1CNCCNC(C)=O. The first-order valence-electron chi connectivity index (χ1n) is 17.2. The third kappa shape index (κ3) is 10.1. The van der Waals surface area contributed by atoms with Crippen LogP contribution in [-0.2, 0) is 29.1 Å². The van der Waals surface area contributed by atoms with E-state index in [2.05, 4.69) is 36.6 Å². The largest absolute Gasteiger partial charge is 0.481 e. The van der Waals surface area contributed by atoms with Crippen LogP contribution in [0.25, 0.3) is 11.1 Å². The predicted octanol–water partition coefficient (Wildman–Crippen LogP) is 5.24. The van der Waals surface area contributed by atoms with Crippen molar-refractivity contribution in [2.75, 3.05) is 45.7 Å². The minimum absolute atomic E-state index is 0.0869. The average molecular weight is 765 g/mol. The number of benzene rings is 2. The number of rotatable bonds is 17. The van der Waals surface area contributed by atoms with Crippen LogP contribution in [0.4, 0.5) is 5.82 Å². The van der Waals surface area contributed by atoms with Gasteiger partial charge in [-0.25, -0.2) is 0 Å². The lowest BCUT2D eigenvalue weighted by molar-refractivity contribution is -0.119. The molecule has 2 aromatic heterocycles. The Hall–Kier alpha value is -4.95. The predicted molar refractivity (Wildman–Crippen MR) is 204 cm³/mol. The molecule has 0 aliphatic heterocycles. The number of carbonyl (C=O) groups is 3. The summed E-state index contributed by atoms with van der Waals surface area (Å²) in [5.41, 5.74) is 5.52. The van der Waals surface area contributed by atoms with Gasteiger partial charge in [0.2, 0.25) is 29.5 Å². The summed E-state index contributed by atoms with van der Waals surface area (Å²) in [6, 6.07) is 16.6. The third-order valence-electron chi connectivity index (χ3n) is 8.54. The van der Waals surface area contributed by atoms with Crippen LogP contribution in [0.2, 0.25) is 10.0 Å². The van der Waals surface area contributed by atoms with Gasteiger partial charge in [-0.2, -0.15) is 9.97 Å². The maximum Gasteiger partial charge on any atom is 0.258 e. The molecule has 0 unspecified atom stereocenters. The number of hydrogen-bond acceptors (Lipinski definition) is 10. The number of carbonyl (C=O) groups excluding carboxylic acids is 3. The zero-order chi connectivity index (χ0) is 37.9. The Kier molecular flexibility index (Phi) is 13.9. The maximum atomic E-state index is 13.5. The molecule has 4 aromatic rings. The fourth-order valence-corrected chi connectivity index (χ4v) is 6.59. The summed E-state index contributed by atoms with van der Waals surface area (Å²) in [6.45, 7) is 6.00. The highest BCUT2D eigenvalue weighted by Crippen LogP contribution is 2.43. The Bertz CT molecular complexity index is 1960. The lowest BCUT2D eigenvalue weighted by Gasteiger charge is -2.18. The normalized spacial score (nSPS) is 13.2. The molecule has 0 radical (unpaired) electrons. The van der Waals surface area contributed by atoms with Gasteiger partial charge in [-0.1, -0.05) is 53.5 Å². The summed E-state index contributed by atoms with van der Waals surface area (Å²) in [5, 5.41) is 15.5. The van der Waals surface area contributed by atoms with Gasteiger partial charge in [0.1, 0.15) is 16.9 Å². The van der Waals surface area contributed by atoms with Gasteiger partial charge in [-0.15, -0.1) is 0 Å². The number of amides is 3. The summed E-state index contributed by atoms with van der Waals surface area (Å²) >= 11 is 13.6. The molecule has 5 N–H and O–H groups in total. The Morgan fingerprint density at radius 3 is 2.09 bits per heavy atom. The van der Waals surface area contributed by atoms with Gasteiger partial charge in [-0.05, 0) is 53.8 Å². The van der Waals surface area contributed by atoms with Crippen LogP contribution < -0.4 is 40.8 Å². The molecule has 3 amide bonds. The summed E-state index contributed by atoms with van der Waals surface area (Å²) in [7, 11) is 3.05. The average Bonchev–Trinajstić information content (AvgIpc) is 3.55. The van der Waals surface area contributed by atoms with E-state index in [1.54, 1.807) is 31.4 Å². The van der Waals surface area contributed by atoms with Crippen molar-refractivity contribution in [2.45, 2.75) is 45.9 Å². The van der Waals surface area contributed by atoms with Crippen molar-refractivity contribution in [3.05, 3.63) is 92.5 Å². The number of pyridine rings is 2. The van der Waals surface area contributed by atoms with Crippen LogP contribution in [0.15, 0.2) is 54.6 Å². The Morgan fingerprint density at radius 2 is 1.42 bits per heavy atom. The van der Waals surface area contributed by atoms with Crippen LogP contribution in [0.3, 0.4) is 0 Å². The van der Waals surface area contributed by atoms with Gasteiger partial charge in [0, 0.05) is 69.8 Å². The van der Waals surface area contributed by atoms with Crippen LogP contribution in [0, 0.1) is 0 Å². The summed E-state index contributed by atoms with van der Waals surface area (Å²) in [5.74, 6) is 0.743. The standard InChI is InChI=1S/C38H43Cl2N7O6/c1-22(48)43-17-15-41-20-24-11-14-33(46-36(24)51-3)45-35(50)30-10-6-9-29(34(30)40)26-7-5-8-28-27(26)12-13-32(28)53-38-31(39)19-25(37(47-38)52-4)21-42-16-18-44-23(2)49/h5-11,14,19,32,41-42H,12-13,15-18,20-21H2,1-4H3,(H,43,48)(H,44,49)(H,45,46,50)/t32-/m0/s1. The van der Waals surface area contributed by atoms with Crippen LogP contribution in [-0.4, -0.2) is 68.1 Å². The van der Waals surface area contributed by atoms with Crippen molar-refractivity contribution in [3.63, 3.8) is 0 Å². The highest BCUT2D eigenvalue weighted by molar-refractivity contribution is 6.37. The number of hydrogen-bond donors (Lipinski definition) is 5. The summed E-state index contributed by atoms with van der Waals surface area (Å²) < 4.78 is 17.4. The molecule has 1 atom stereocenters. The number of nitrogens with zero attached hydrogens (tertiary/aromatic N) is 2. The van der Waals surface area contributed by atoms with Gasteiger partial charge in [0.25, 0.3) is 5.91 Å². The molecule has 280 valence electrons. The lowest BCUT2D eigenvalue weighted by atomic mass is 9.95. The van der Waals surface area contributed by atoms with Crippen LogP contribution in [0.1, 0.15) is 59.0 Å². The first kappa shape index (κ1) is 39.3. The van der Waals surface area contributed by atoms with Crippen molar-refractivity contribution in [1.29, 1.82) is 0 Å². The lowest BCUT2D eigenvalue weighted by Crippen LogP contribution is -2.30. The molecule has 0 saturated carbocycles. The summed E-state index contributed by atoms with van der Waals surface area (Å²) in [6.07, 6.45) is 1.08. The van der Waals surface area contributed by atoms with Gasteiger partial charge in [0.15, 0.2) is 0 Å². The summed E-state index contributed by atoms with van der Waals surface area (Å²) in [4.78, 5) is 44.8. The molecule has 5 rings (SSSR count). The smallest absolute Gasteiger partial charge is 0.258 e. The van der Waals surface area contributed by atoms with Gasteiger partial charge >= 0.3 is 0 Å².